The number of hydrogen-bond donors (Lipinski definition) is 2. The van der Waals surface area contributed by atoms with E-state index in [2.05, 4.69) is 19.2 Å². The van der Waals surface area contributed by atoms with Gasteiger partial charge < -0.3 is 19.9 Å². The van der Waals surface area contributed by atoms with Crippen molar-refractivity contribution >= 4 is 0 Å². The third-order valence-corrected chi connectivity index (χ3v) is 3.07. The Morgan fingerprint density at radius 3 is 2.60 bits per heavy atom. The largest absolute Gasteiger partial charge is 0.507 e. The average Bonchev–Trinajstić information content (AvgIpc) is 2.41. The molecule has 0 saturated carbocycles. The van der Waals surface area contributed by atoms with E-state index in [4.69, 9.17) is 9.47 Å². The quantitative estimate of drug-likeness (QED) is 0.683. The lowest BCUT2D eigenvalue weighted by molar-refractivity contribution is 0.107. The predicted octanol–water partition coefficient (Wildman–Crippen LogP) is 3.11. The van der Waals surface area contributed by atoms with Crippen molar-refractivity contribution in [1.82, 2.24) is 5.32 Å². The Labute approximate surface area is 122 Å². The highest BCUT2D eigenvalue weighted by atomic mass is 16.5. The molecular formula is C16H27NO3. The van der Waals surface area contributed by atoms with Crippen molar-refractivity contribution in [3.05, 3.63) is 23.8 Å². The zero-order valence-corrected chi connectivity index (χ0v) is 13.0. The molecule has 0 amide bonds. The number of ether oxygens (including phenoxy) is 2. The summed E-state index contributed by atoms with van der Waals surface area (Å²) in [5.41, 5.74) is 0.883. The van der Waals surface area contributed by atoms with Crippen molar-refractivity contribution in [2.75, 3.05) is 26.9 Å². The topological polar surface area (TPSA) is 50.7 Å². The molecule has 1 atom stereocenters. The van der Waals surface area contributed by atoms with Crippen LogP contribution in [0.5, 0.6) is 11.5 Å². The van der Waals surface area contributed by atoms with Gasteiger partial charge in [0.15, 0.2) is 0 Å². The van der Waals surface area contributed by atoms with Crippen LogP contribution in [0.3, 0.4) is 0 Å². The van der Waals surface area contributed by atoms with E-state index in [1.165, 1.54) is 0 Å². The van der Waals surface area contributed by atoms with E-state index in [0.29, 0.717) is 11.7 Å². The predicted molar refractivity (Wildman–Crippen MR) is 81.4 cm³/mol. The first-order valence-electron chi connectivity index (χ1n) is 7.22. The van der Waals surface area contributed by atoms with Crippen LogP contribution in [0.2, 0.25) is 0 Å². The molecule has 20 heavy (non-hydrogen) atoms. The summed E-state index contributed by atoms with van der Waals surface area (Å²) in [4.78, 5) is 0. The molecular weight excluding hydrogens is 254 g/mol. The maximum Gasteiger partial charge on any atom is 0.124 e. The van der Waals surface area contributed by atoms with E-state index in [-0.39, 0.29) is 11.8 Å². The highest BCUT2D eigenvalue weighted by Gasteiger charge is 2.10. The van der Waals surface area contributed by atoms with Crippen LogP contribution >= 0.6 is 0 Å². The van der Waals surface area contributed by atoms with E-state index in [9.17, 15) is 5.11 Å². The minimum atomic E-state index is 0.103. The molecule has 4 nitrogen and oxygen atoms in total. The fourth-order valence-corrected chi connectivity index (χ4v) is 1.94. The SMILES string of the molecule is COc1ccc(C(C)NCCCOCC(C)C)c(O)c1. The summed E-state index contributed by atoms with van der Waals surface area (Å²) in [7, 11) is 1.59. The molecule has 0 saturated heterocycles. The van der Waals surface area contributed by atoms with Gasteiger partial charge in [0.2, 0.25) is 0 Å². The number of phenols is 1. The molecule has 0 fully saturated rings. The Morgan fingerprint density at radius 2 is 2.00 bits per heavy atom. The van der Waals surface area contributed by atoms with Crippen molar-refractivity contribution in [2.45, 2.75) is 33.2 Å². The highest BCUT2D eigenvalue weighted by molar-refractivity contribution is 5.41. The molecule has 4 heteroatoms. The minimum absolute atomic E-state index is 0.103. The molecule has 0 radical (unpaired) electrons. The van der Waals surface area contributed by atoms with Crippen LogP contribution in [-0.2, 0) is 4.74 Å². The van der Waals surface area contributed by atoms with Crippen LogP contribution in [0, 0.1) is 5.92 Å². The van der Waals surface area contributed by atoms with Crippen molar-refractivity contribution < 1.29 is 14.6 Å². The third-order valence-electron chi connectivity index (χ3n) is 3.07. The first-order chi connectivity index (χ1) is 9.54. The standard InChI is InChI=1S/C16H27NO3/c1-12(2)11-20-9-5-8-17-13(3)15-7-6-14(19-4)10-16(15)18/h6-7,10,12-13,17-18H,5,8-9,11H2,1-4H3. The molecule has 1 rings (SSSR count). The molecule has 0 aromatic heterocycles. The van der Waals surface area contributed by atoms with Crippen LogP contribution in [0.25, 0.3) is 0 Å². The summed E-state index contributed by atoms with van der Waals surface area (Å²) >= 11 is 0. The second kappa shape index (κ2) is 8.82. The van der Waals surface area contributed by atoms with Gasteiger partial charge in [-0.15, -0.1) is 0 Å². The van der Waals surface area contributed by atoms with E-state index in [1.54, 1.807) is 13.2 Å². The second-order valence-electron chi connectivity index (χ2n) is 5.42. The zero-order valence-electron chi connectivity index (χ0n) is 13.0. The highest BCUT2D eigenvalue weighted by Crippen LogP contribution is 2.28. The van der Waals surface area contributed by atoms with Crippen molar-refractivity contribution in [2.24, 2.45) is 5.92 Å². The summed E-state index contributed by atoms with van der Waals surface area (Å²) in [5.74, 6) is 1.51. The Bertz CT molecular complexity index is 393. The van der Waals surface area contributed by atoms with E-state index < -0.39 is 0 Å². The van der Waals surface area contributed by atoms with Crippen LogP contribution in [-0.4, -0.2) is 32.0 Å². The van der Waals surface area contributed by atoms with Gasteiger partial charge in [-0.25, -0.2) is 0 Å². The van der Waals surface area contributed by atoms with Crippen molar-refractivity contribution in [3.8, 4) is 11.5 Å². The molecule has 0 aliphatic heterocycles. The normalized spacial score (nSPS) is 12.7. The smallest absolute Gasteiger partial charge is 0.124 e. The van der Waals surface area contributed by atoms with E-state index in [0.717, 1.165) is 31.7 Å². The van der Waals surface area contributed by atoms with Crippen molar-refractivity contribution in [3.63, 3.8) is 0 Å². The number of benzene rings is 1. The van der Waals surface area contributed by atoms with Gasteiger partial charge in [0.25, 0.3) is 0 Å². The monoisotopic (exact) mass is 281 g/mol. The van der Waals surface area contributed by atoms with Gasteiger partial charge in [0.05, 0.1) is 7.11 Å². The van der Waals surface area contributed by atoms with Gasteiger partial charge in [-0.2, -0.15) is 0 Å². The first-order valence-corrected chi connectivity index (χ1v) is 7.22. The van der Waals surface area contributed by atoms with Crippen LogP contribution in [0.15, 0.2) is 18.2 Å². The Morgan fingerprint density at radius 1 is 1.25 bits per heavy atom. The van der Waals surface area contributed by atoms with Gasteiger partial charge in [-0.05, 0) is 31.9 Å². The van der Waals surface area contributed by atoms with Crippen LogP contribution in [0.1, 0.15) is 38.8 Å². The molecule has 0 bridgehead atoms. The molecule has 0 heterocycles. The first kappa shape index (κ1) is 16.8. The molecule has 0 aliphatic carbocycles. The summed E-state index contributed by atoms with van der Waals surface area (Å²) in [6, 6.07) is 5.49. The summed E-state index contributed by atoms with van der Waals surface area (Å²) in [6.45, 7) is 8.78. The minimum Gasteiger partial charge on any atom is -0.507 e. The van der Waals surface area contributed by atoms with E-state index >= 15 is 0 Å². The fourth-order valence-electron chi connectivity index (χ4n) is 1.94. The molecule has 1 unspecified atom stereocenters. The number of aromatic hydroxyl groups is 1. The van der Waals surface area contributed by atoms with Crippen LogP contribution < -0.4 is 10.1 Å². The summed E-state index contributed by atoms with van der Waals surface area (Å²) < 4.78 is 10.6. The molecule has 114 valence electrons. The number of nitrogens with one attached hydrogen (secondary N) is 1. The maximum atomic E-state index is 9.95. The van der Waals surface area contributed by atoms with Gasteiger partial charge >= 0.3 is 0 Å². The lowest BCUT2D eigenvalue weighted by atomic mass is 10.1. The lowest BCUT2D eigenvalue weighted by Gasteiger charge is -2.16. The summed E-state index contributed by atoms with van der Waals surface area (Å²) in [6.07, 6.45) is 0.966. The number of hydrogen-bond acceptors (Lipinski definition) is 4. The molecule has 0 aliphatic rings. The second-order valence-corrected chi connectivity index (χ2v) is 5.42. The van der Waals surface area contributed by atoms with Gasteiger partial charge in [0.1, 0.15) is 11.5 Å². The Balaban J connectivity index is 2.30. The van der Waals surface area contributed by atoms with Gasteiger partial charge in [-0.3, -0.25) is 0 Å². The number of methoxy groups -OCH3 is 1. The Kier molecular flexibility index (Phi) is 7.41. The Hall–Kier alpha value is -1.26. The molecule has 1 aromatic rings. The number of rotatable bonds is 9. The van der Waals surface area contributed by atoms with E-state index in [1.807, 2.05) is 19.1 Å². The van der Waals surface area contributed by atoms with Crippen molar-refractivity contribution in [1.29, 1.82) is 0 Å². The molecule has 0 spiro atoms. The van der Waals surface area contributed by atoms with Gasteiger partial charge in [0, 0.05) is 30.9 Å². The fraction of sp³-hybridized carbons (Fsp3) is 0.625. The van der Waals surface area contributed by atoms with Crippen LogP contribution in [0.4, 0.5) is 0 Å². The van der Waals surface area contributed by atoms with Gasteiger partial charge in [-0.1, -0.05) is 19.9 Å². The molecule has 2 N–H and O–H groups in total. The lowest BCUT2D eigenvalue weighted by Crippen LogP contribution is -2.21. The summed E-state index contributed by atoms with van der Waals surface area (Å²) in [5, 5.41) is 13.3. The zero-order chi connectivity index (χ0) is 15.0. The maximum absolute atomic E-state index is 9.95. The average molecular weight is 281 g/mol. The number of phenolic OH excluding ortho intramolecular Hbond substituents is 1. The molecule has 1 aromatic carbocycles. The third kappa shape index (κ3) is 5.80.